The van der Waals surface area contributed by atoms with Gasteiger partial charge < -0.3 is 10.3 Å². The summed E-state index contributed by atoms with van der Waals surface area (Å²) in [4.78, 5) is 23.5. The zero-order chi connectivity index (χ0) is 23.2. The van der Waals surface area contributed by atoms with E-state index >= 15 is 0 Å². The Morgan fingerprint density at radius 2 is 2.09 bits per heavy atom. The minimum Gasteiger partial charge on any atom is -0.346 e. The standard InChI is InChI=1S/C23H18F4N4OS/c24-16-6-15(23(25,26)27)7-17(8-16)30-22(32)19-12-33-20-11-31(4-2-18(19)20)10-13-5-14-1-3-28-21(14)29-9-13/h1,3,5-9,12H,2,4,10-11H2,(H,28,29)(H,30,32). The number of alkyl halides is 3. The first-order valence-corrected chi connectivity index (χ1v) is 11.1. The average Bonchev–Trinajstić information content (AvgIpc) is 3.39. The van der Waals surface area contributed by atoms with Crippen molar-refractivity contribution in [3.63, 3.8) is 0 Å². The van der Waals surface area contributed by atoms with Crippen molar-refractivity contribution in [2.24, 2.45) is 0 Å². The number of nitrogens with one attached hydrogen (secondary N) is 2. The molecule has 1 aliphatic rings. The second-order valence-corrected chi connectivity index (χ2v) is 8.92. The highest BCUT2D eigenvalue weighted by molar-refractivity contribution is 7.10. The molecule has 3 aromatic heterocycles. The Kier molecular flexibility index (Phi) is 5.41. The highest BCUT2D eigenvalue weighted by atomic mass is 32.1. The molecule has 0 bridgehead atoms. The van der Waals surface area contributed by atoms with Crippen molar-refractivity contribution in [3.8, 4) is 0 Å². The number of carbonyl (C=O) groups is 1. The van der Waals surface area contributed by atoms with E-state index in [1.54, 1.807) is 5.38 Å². The number of thiophene rings is 1. The van der Waals surface area contributed by atoms with Gasteiger partial charge in [0.15, 0.2) is 0 Å². The van der Waals surface area contributed by atoms with Crippen molar-refractivity contribution in [3.05, 3.63) is 81.1 Å². The minimum absolute atomic E-state index is 0.225. The predicted octanol–water partition coefficient (Wildman–Crippen LogP) is 5.59. The molecular weight excluding hydrogens is 456 g/mol. The van der Waals surface area contributed by atoms with Crippen LogP contribution in [0.2, 0.25) is 0 Å². The molecule has 1 aromatic carbocycles. The van der Waals surface area contributed by atoms with Gasteiger partial charge in [-0.15, -0.1) is 11.3 Å². The van der Waals surface area contributed by atoms with Crippen LogP contribution in [0.4, 0.5) is 23.2 Å². The van der Waals surface area contributed by atoms with Gasteiger partial charge in [-0.25, -0.2) is 9.37 Å². The fourth-order valence-electron chi connectivity index (χ4n) is 4.06. The Morgan fingerprint density at radius 1 is 1.24 bits per heavy atom. The molecule has 10 heteroatoms. The third-order valence-electron chi connectivity index (χ3n) is 5.62. The van der Waals surface area contributed by atoms with Gasteiger partial charge >= 0.3 is 6.18 Å². The summed E-state index contributed by atoms with van der Waals surface area (Å²) in [6.07, 6.45) is -0.372. The van der Waals surface area contributed by atoms with E-state index in [4.69, 9.17) is 0 Å². The van der Waals surface area contributed by atoms with Crippen molar-refractivity contribution in [1.82, 2.24) is 14.9 Å². The molecule has 0 fully saturated rings. The van der Waals surface area contributed by atoms with Crippen molar-refractivity contribution in [2.45, 2.75) is 25.7 Å². The number of anilines is 1. The molecule has 0 unspecified atom stereocenters. The lowest BCUT2D eigenvalue weighted by Gasteiger charge is -2.27. The van der Waals surface area contributed by atoms with Gasteiger partial charge in [-0.1, -0.05) is 0 Å². The Morgan fingerprint density at radius 3 is 2.91 bits per heavy atom. The van der Waals surface area contributed by atoms with Crippen LogP contribution in [-0.2, 0) is 25.7 Å². The number of hydrogen-bond acceptors (Lipinski definition) is 4. The summed E-state index contributed by atoms with van der Waals surface area (Å²) in [7, 11) is 0. The van der Waals surface area contributed by atoms with Crippen LogP contribution in [0.5, 0.6) is 0 Å². The lowest BCUT2D eigenvalue weighted by molar-refractivity contribution is -0.137. The molecule has 33 heavy (non-hydrogen) atoms. The molecule has 4 aromatic rings. The zero-order valence-electron chi connectivity index (χ0n) is 17.2. The summed E-state index contributed by atoms with van der Waals surface area (Å²) in [5.41, 5.74) is 1.87. The number of benzene rings is 1. The van der Waals surface area contributed by atoms with Crippen molar-refractivity contribution < 1.29 is 22.4 Å². The van der Waals surface area contributed by atoms with E-state index in [2.05, 4.69) is 26.3 Å². The molecule has 0 spiro atoms. The second-order valence-electron chi connectivity index (χ2n) is 7.95. The number of pyridine rings is 1. The van der Waals surface area contributed by atoms with Crippen LogP contribution in [0.15, 0.2) is 48.1 Å². The maximum absolute atomic E-state index is 13.7. The van der Waals surface area contributed by atoms with E-state index in [9.17, 15) is 22.4 Å². The third kappa shape index (κ3) is 4.49. The number of aromatic amines is 1. The van der Waals surface area contributed by atoms with E-state index in [-0.39, 0.29) is 5.69 Å². The van der Waals surface area contributed by atoms with Gasteiger partial charge in [0, 0.05) is 53.4 Å². The molecule has 0 aliphatic carbocycles. The number of aromatic nitrogens is 2. The number of H-pyrrole nitrogens is 1. The molecular formula is C23H18F4N4OS. The van der Waals surface area contributed by atoms with Crippen molar-refractivity contribution in [2.75, 3.05) is 11.9 Å². The molecule has 1 aliphatic heterocycles. The van der Waals surface area contributed by atoms with Crippen LogP contribution in [0, 0.1) is 5.82 Å². The first-order chi connectivity index (χ1) is 15.8. The van der Waals surface area contributed by atoms with Crippen molar-refractivity contribution >= 4 is 34.0 Å². The Balaban J connectivity index is 1.29. The van der Waals surface area contributed by atoms with Gasteiger partial charge in [-0.2, -0.15) is 13.2 Å². The molecule has 0 atom stereocenters. The fourth-order valence-corrected chi connectivity index (χ4v) is 5.18. The summed E-state index contributed by atoms with van der Waals surface area (Å²) in [6.45, 7) is 2.11. The largest absolute Gasteiger partial charge is 0.416 e. The lowest BCUT2D eigenvalue weighted by atomic mass is 10.0. The predicted molar refractivity (Wildman–Crippen MR) is 118 cm³/mol. The fraction of sp³-hybridized carbons (Fsp3) is 0.217. The molecule has 5 nitrogen and oxygen atoms in total. The van der Waals surface area contributed by atoms with Gasteiger partial charge in [0.2, 0.25) is 0 Å². The van der Waals surface area contributed by atoms with Crippen LogP contribution >= 0.6 is 11.3 Å². The number of carbonyl (C=O) groups excluding carboxylic acids is 1. The average molecular weight is 474 g/mol. The highest BCUT2D eigenvalue weighted by Gasteiger charge is 2.32. The maximum atomic E-state index is 13.7. The van der Waals surface area contributed by atoms with Gasteiger partial charge in [-0.3, -0.25) is 9.69 Å². The van der Waals surface area contributed by atoms with Crippen LogP contribution in [0.3, 0.4) is 0 Å². The quantitative estimate of drug-likeness (QED) is 0.379. The molecule has 170 valence electrons. The Labute approximate surface area is 190 Å². The van der Waals surface area contributed by atoms with Gasteiger partial charge in [-0.05, 0) is 47.9 Å². The summed E-state index contributed by atoms with van der Waals surface area (Å²) in [5.74, 6) is -1.60. The monoisotopic (exact) mass is 474 g/mol. The number of amides is 1. The molecule has 0 radical (unpaired) electrons. The molecule has 4 heterocycles. The van der Waals surface area contributed by atoms with Gasteiger partial charge in [0.25, 0.3) is 5.91 Å². The van der Waals surface area contributed by atoms with E-state index in [0.717, 1.165) is 52.3 Å². The normalized spacial score (nSPS) is 14.4. The zero-order valence-corrected chi connectivity index (χ0v) is 18.0. The smallest absolute Gasteiger partial charge is 0.346 e. The molecule has 5 rings (SSSR count). The topological polar surface area (TPSA) is 61.0 Å². The molecule has 1 amide bonds. The minimum atomic E-state index is -4.70. The summed E-state index contributed by atoms with van der Waals surface area (Å²) in [5, 5.41) is 5.17. The lowest BCUT2D eigenvalue weighted by Crippen LogP contribution is -2.30. The number of hydrogen-bond donors (Lipinski definition) is 2. The Hall–Kier alpha value is -3.24. The number of rotatable bonds is 4. The van der Waals surface area contributed by atoms with Gasteiger partial charge in [0.05, 0.1) is 11.1 Å². The van der Waals surface area contributed by atoms with E-state index in [1.807, 2.05) is 18.5 Å². The summed E-state index contributed by atoms with van der Waals surface area (Å²) < 4.78 is 52.5. The first kappa shape index (κ1) is 21.6. The summed E-state index contributed by atoms with van der Waals surface area (Å²) in [6, 6.07) is 6.08. The van der Waals surface area contributed by atoms with Gasteiger partial charge in [0.1, 0.15) is 11.5 Å². The maximum Gasteiger partial charge on any atom is 0.416 e. The van der Waals surface area contributed by atoms with E-state index < -0.39 is 23.5 Å². The van der Waals surface area contributed by atoms with E-state index in [1.165, 1.54) is 11.3 Å². The SMILES string of the molecule is O=C(Nc1cc(F)cc(C(F)(F)F)c1)c1csc2c1CCN(Cc1cnc3[nH]ccc3c1)C2. The van der Waals surface area contributed by atoms with Crippen LogP contribution < -0.4 is 5.32 Å². The highest BCUT2D eigenvalue weighted by Crippen LogP contribution is 2.33. The first-order valence-electron chi connectivity index (χ1n) is 10.2. The van der Waals surface area contributed by atoms with Crippen LogP contribution in [0.1, 0.15) is 31.9 Å². The van der Waals surface area contributed by atoms with E-state index in [0.29, 0.717) is 24.6 Å². The molecule has 2 N–H and O–H groups in total. The Bertz CT molecular complexity index is 1340. The van der Waals surface area contributed by atoms with Crippen molar-refractivity contribution in [1.29, 1.82) is 0 Å². The summed E-state index contributed by atoms with van der Waals surface area (Å²) >= 11 is 1.44. The third-order valence-corrected chi connectivity index (χ3v) is 6.63. The number of nitrogens with zero attached hydrogens (tertiary/aromatic N) is 2. The second kappa shape index (κ2) is 8.27. The number of fused-ring (bicyclic) bond motifs is 2. The van der Waals surface area contributed by atoms with Crippen LogP contribution in [0.25, 0.3) is 11.0 Å². The molecule has 0 saturated carbocycles. The number of halogens is 4. The van der Waals surface area contributed by atoms with Crippen LogP contribution in [-0.4, -0.2) is 27.3 Å². The molecule has 0 saturated heterocycles.